The van der Waals surface area contributed by atoms with Crippen LogP contribution in [-0.2, 0) is 23.9 Å². The molecule has 8 heteroatoms. The fourth-order valence-electron chi connectivity index (χ4n) is 11.7. The molecule has 1 heterocycles. The number of ether oxygens (including phenoxy) is 2. The summed E-state index contributed by atoms with van der Waals surface area (Å²) in [5.74, 6) is -0.660. The maximum Gasteiger partial charge on any atom is 0.340 e. The number of carbonyl (C=O) groups excluding carboxylic acids is 4. The predicted molar refractivity (Wildman–Crippen MR) is 172 cm³/mol. The first kappa shape index (κ1) is 34.0. The Hall–Kier alpha value is -3.34. The van der Waals surface area contributed by atoms with E-state index in [0.717, 1.165) is 44.8 Å². The Morgan fingerprint density at radius 3 is 2.46 bits per heavy atom. The van der Waals surface area contributed by atoms with Crippen molar-refractivity contribution in [1.29, 1.82) is 5.26 Å². The summed E-state index contributed by atoms with van der Waals surface area (Å²) in [7, 11) is 1.47. The summed E-state index contributed by atoms with van der Waals surface area (Å²) in [5, 5.41) is 10.2. The van der Waals surface area contributed by atoms with Gasteiger partial charge in [-0.05, 0) is 115 Å². The monoisotopic (exact) mass is 630 g/mol. The molecule has 9 atom stereocenters. The fraction of sp³-hybridized carbons (Fsp3) is 0.684. The van der Waals surface area contributed by atoms with Crippen LogP contribution in [-0.4, -0.2) is 42.7 Å². The number of carbonyl (C=O) groups is 4. The zero-order valence-corrected chi connectivity index (χ0v) is 28.4. The van der Waals surface area contributed by atoms with Gasteiger partial charge in [-0.2, -0.15) is 5.26 Å². The number of aldehydes is 1. The smallest absolute Gasteiger partial charge is 0.340 e. The minimum Gasteiger partial charge on any atom is -0.469 e. The molecule has 248 valence electrons. The molecule has 0 N–H and O–H groups in total. The van der Waals surface area contributed by atoms with Gasteiger partial charge in [0.2, 0.25) is 0 Å². The van der Waals surface area contributed by atoms with Gasteiger partial charge in [-0.25, -0.2) is 4.79 Å². The first-order valence-electron chi connectivity index (χ1n) is 16.9. The van der Waals surface area contributed by atoms with Crippen LogP contribution in [0.4, 0.5) is 0 Å². The van der Waals surface area contributed by atoms with Crippen LogP contribution in [0.25, 0.3) is 0 Å². The highest BCUT2D eigenvalue weighted by Crippen LogP contribution is 2.76. The molecule has 4 aliphatic carbocycles. The van der Waals surface area contributed by atoms with Crippen molar-refractivity contribution >= 4 is 24.0 Å². The number of pyridine rings is 1. The first-order chi connectivity index (χ1) is 21.7. The fourth-order valence-corrected chi connectivity index (χ4v) is 11.7. The molecule has 46 heavy (non-hydrogen) atoms. The van der Waals surface area contributed by atoms with Crippen molar-refractivity contribution in [1.82, 2.24) is 4.98 Å². The highest BCUT2D eigenvalue weighted by atomic mass is 16.5. The van der Waals surface area contributed by atoms with E-state index in [1.807, 2.05) is 13.8 Å². The second kappa shape index (κ2) is 12.0. The van der Waals surface area contributed by atoms with Gasteiger partial charge in [0.05, 0.1) is 24.2 Å². The normalized spacial score (nSPS) is 38.2. The Labute approximate surface area is 273 Å². The van der Waals surface area contributed by atoms with Gasteiger partial charge >= 0.3 is 11.9 Å². The van der Waals surface area contributed by atoms with Crippen LogP contribution in [0.15, 0.2) is 36.7 Å². The van der Waals surface area contributed by atoms with Crippen molar-refractivity contribution < 1.29 is 28.7 Å². The molecule has 0 spiro atoms. The van der Waals surface area contributed by atoms with Crippen LogP contribution in [0.5, 0.6) is 0 Å². The van der Waals surface area contributed by atoms with Gasteiger partial charge in [0.15, 0.2) is 12.4 Å². The van der Waals surface area contributed by atoms with Gasteiger partial charge in [0, 0.05) is 24.2 Å². The molecule has 0 unspecified atom stereocenters. The Morgan fingerprint density at radius 2 is 1.83 bits per heavy atom. The van der Waals surface area contributed by atoms with Gasteiger partial charge in [-0.3, -0.25) is 19.4 Å². The molecule has 0 bridgehead atoms. The zero-order valence-electron chi connectivity index (χ0n) is 28.4. The summed E-state index contributed by atoms with van der Waals surface area (Å²) in [5.41, 5.74) is -1.31. The van der Waals surface area contributed by atoms with E-state index in [-0.39, 0.29) is 58.8 Å². The quantitative estimate of drug-likeness (QED) is 0.163. The van der Waals surface area contributed by atoms with E-state index in [0.29, 0.717) is 30.4 Å². The van der Waals surface area contributed by atoms with Gasteiger partial charge < -0.3 is 9.47 Å². The van der Waals surface area contributed by atoms with Gasteiger partial charge in [-0.15, -0.1) is 0 Å². The SMILES string of the molecule is C=C(C=O)[C@@H]1CC[C@]2(C(=O)OC)CC[C@]3(C)[C@H](CC[C@@H]4[C@@](C)(CC#N)[C@H](C(C)(C)C(=O)COC(=O)c5cccnc5)CC[C@]43C)[C@@H]12. The summed E-state index contributed by atoms with van der Waals surface area (Å²) in [6.45, 7) is 14.7. The molecule has 4 saturated carbocycles. The standard InChI is InChI=1S/C38H50N2O6/c1-24(22-41)26-12-15-38(33(44)45-7)17-16-36(5)27(31(26)38)10-11-29-35(4,18-19-39)28(13-14-37(29,36)6)34(2,3)30(42)23-46-32(43)25-9-8-20-40-21-25/h8-9,20-22,26-29,31H,1,10-18,23H2,2-7H3/t26-,27+,28-,29+,31+,35-,36+,37+,38-/m0/s1. The lowest BCUT2D eigenvalue weighted by Gasteiger charge is -2.71. The number of hydrogen-bond acceptors (Lipinski definition) is 8. The number of ketones is 1. The van der Waals surface area contributed by atoms with E-state index in [1.54, 1.807) is 18.3 Å². The van der Waals surface area contributed by atoms with Crippen LogP contribution >= 0.6 is 0 Å². The highest BCUT2D eigenvalue weighted by Gasteiger charge is 2.71. The summed E-state index contributed by atoms with van der Waals surface area (Å²) in [4.78, 5) is 56.0. The van der Waals surface area contributed by atoms with E-state index in [2.05, 4.69) is 38.4 Å². The minimum absolute atomic E-state index is 0.0124. The van der Waals surface area contributed by atoms with Crippen LogP contribution in [0.2, 0.25) is 0 Å². The number of hydrogen-bond donors (Lipinski definition) is 0. The number of allylic oxidation sites excluding steroid dienone is 1. The highest BCUT2D eigenvalue weighted by molar-refractivity contribution is 5.92. The summed E-state index contributed by atoms with van der Waals surface area (Å²) in [6, 6.07) is 5.76. The topological polar surface area (TPSA) is 123 Å². The molecule has 4 fully saturated rings. The maximum absolute atomic E-state index is 13.8. The average molecular weight is 631 g/mol. The van der Waals surface area contributed by atoms with Gasteiger partial charge in [-0.1, -0.05) is 41.2 Å². The summed E-state index contributed by atoms with van der Waals surface area (Å²) >= 11 is 0. The van der Waals surface area contributed by atoms with E-state index in [9.17, 15) is 24.4 Å². The van der Waals surface area contributed by atoms with E-state index in [4.69, 9.17) is 9.47 Å². The van der Waals surface area contributed by atoms with Crippen LogP contribution in [0.3, 0.4) is 0 Å². The Bertz CT molecular complexity index is 1450. The molecule has 0 aliphatic heterocycles. The molecule has 0 amide bonds. The molecule has 1 aromatic rings. The van der Waals surface area contributed by atoms with E-state index >= 15 is 0 Å². The number of fused-ring (bicyclic) bond motifs is 5. The first-order valence-corrected chi connectivity index (χ1v) is 16.9. The summed E-state index contributed by atoms with van der Waals surface area (Å²) in [6.07, 6.45) is 10.7. The Morgan fingerprint density at radius 1 is 1.09 bits per heavy atom. The molecule has 0 aromatic carbocycles. The third kappa shape index (κ3) is 4.86. The zero-order chi connectivity index (χ0) is 33.7. The lowest BCUT2D eigenvalue weighted by Crippen LogP contribution is -2.66. The molecule has 8 nitrogen and oxygen atoms in total. The van der Waals surface area contributed by atoms with Crippen LogP contribution < -0.4 is 0 Å². The van der Waals surface area contributed by atoms with Crippen molar-refractivity contribution in [3.05, 3.63) is 42.2 Å². The minimum atomic E-state index is -0.829. The molecular weight excluding hydrogens is 580 g/mol. The lowest BCUT2D eigenvalue weighted by molar-refractivity contribution is -0.229. The molecule has 4 aliphatic rings. The third-order valence-corrected chi connectivity index (χ3v) is 14.2. The second-order valence-electron chi connectivity index (χ2n) is 16.0. The van der Waals surface area contributed by atoms with Crippen molar-refractivity contribution in [2.75, 3.05) is 13.7 Å². The Balaban J connectivity index is 1.46. The Kier molecular flexibility index (Phi) is 8.89. The van der Waals surface area contributed by atoms with Crippen LogP contribution in [0, 0.1) is 68.0 Å². The number of aromatic nitrogens is 1. The lowest BCUT2D eigenvalue weighted by atomic mass is 9.33. The van der Waals surface area contributed by atoms with Gasteiger partial charge in [0.25, 0.3) is 0 Å². The number of nitriles is 1. The molecule has 5 rings (SSSR count). The molecule has 1 aromatic heterocycles. The van der Waals surface area contributed by atoms with Crippen LogP contribution in [0.1, 0.15) is 103 Å². The maximum atomic E-state index is 13.8. The third-order valence-electron chi connectivity index (χ3n) is 14.2. The van der Waals surface area contributed by atoms with Crippen molar-refractivity contribution in [2.24, 2.45) is 56.7 Å². The predicted octanol–water partition coefficient (Wildman–Crippen LogP) is 6.94. The average Bonchev–Trinajstić information content (AvgIpc) is 3.44. The number of Topliss-reactive ketones (excluding diaryl/α,β-unsaturated/α-hetero) is 1. The van der Waals surface area contributed by atoms with Crippen molar-refractivity contribution in [3.8, 4) is 6.07 Å². The largest absolute Gasteiger partial charge is 0.469 e. The van der Waals surface area contributed by atoms with Crippen molar-refractivity contribution in [3.63, 3.8) is 0 Å². The van der Waals surface area contributed by atoms with Crippen molar-refractivity contribution in [2.45, 2.75) is 92.4 Å². The van der Waals surface area contributed by atoms with Gasteiger partial charge in [0.1, 0.15) is 6.29 Å². The molecule has 0 saturated heterocycles. The summed E-state index contributed by atoms with van der Waals surface area (Å²) < 4.78 is 10.9. The van der Waals surface area contributed by atoms with E-state index < -0.39 is 22.2 Å². The number of esters is 2. The second-order valence-corrected chi connectivity index (χ2v) is 16.0. The molecular formula is C38H50N2O6. The number of rotatable bonds is 9. The number of methoxy groups -OCH3 is 1. The van der Waals surface area contributed by atoms with E-state index in [1.165, 1.54) is 13.3 Å². The molecule has 0 radical (unpaired) electrons. The number of nitrogens with zero attached hydrogens (tertiary/aromatic N) is 2.